The molecule has 0 spiro atoms. The van der Waals surface area contributed by atoms with Crippen molar-refractivity contribution in [2.75, 3.05) is 0 Å². The number of pyridine rings is 2. The van der Waals surface area contributed by atoms with Crippen LogP contribution in [0.15, 0.2) is 61.2 Å². The zero-order valence-electron chi connectivity index (χ0n) is 10.4. The van der Waals surface area contributed by atoms with Crippen LogP contribution in [-0.2, 0) is 20.4 Å². The molecule has 0 aliphatic rings. The maximum atomic E-state index is 3.78. The van der Waals surface area contributed by atoms with Gasteiger partial charge in [0.15, 0.2) is 0 Å². The molecule has 0 fully saturated rings. The monoisotopic (exact) mass is 322 g/mol. The van der Waals surface area contributed by atoms with Crippen LogP contribution in [0, 0.1) is 0 Å². The molecular weight excluding hydrogens is 303 g/mol. The summed E-state index contributed by atoms with van der Waals surface area (Å²) in [6, 6.07) is 11.4. The van der Waals surface area contributed by atoms with Gasteiger partial charge in [-0.05, 0) is 24.3 Å². The summed E-state index contributed by atoms with van der Waals surface area (Å²) in [5, 5.41) is 0. The number of hydrogen-bond donors (Lipinski definition) is 0. The van der Waals surface area contributed by atoms with Crippen molar-refractivity contribution in [3.05, 3.63) is 61.2 Å². The molecule has 2 aromatic rings. The summed E-state index contributed by atoms with van der Waals surface area (Å²) in [6.07, 6.45) is 9.64. The minimum Gasteiger partial charge on any atom is -0.265 e. The van der Waals surface area contributed by atoms with Gasteiger partial charge >= 0.3 is 0 Å². The van der Waals surface area contributed by atoms with Gasteiger partial charge in [0.05, 0.1) is 0 Å². The zero-order chi connectivity index (χ0) is 11.9. The van der Waals surface area contributed by atoms with Gasteiger partial charge in [-0.1, -0.05) is 38.8 Å². The van der Waals surface area contributed by atoms with Gasteiger partial charge in [-0.2, -0.15) is 0 Å². The first-order valence-corrected chi connectivity index (χ1v) is 5.61. The van der Waals surface area contributed by atoms with Gasteiger partial charge in [-0.25, -0.2) is 0 Å². The summed E-state index contributed by atoms with van der Waals surface area (Å²) in [5.74, 6) is 0. The molecule has 0 unspecified atom stereocenters. The van der Waals surface area contributed by atoms with Gasteiger partial charge in [0.25, 0.3) is 0 Å². The van der Waals surface area contributed by atoms with Crippen LogP contribution < -0.4 is 0 Å². The van der Waals surface area contributed by atoms with Crippen LogP contribution in [0.1, 0.15) is 26.7 Å². The van der Waals surface area contributed by atoms with Gasteiger partial charge in [0.2, 0.25) is 0 Å². The van der Waals surface area contributed by atoms with Crippen molar-refractivity contribution in [2.45, 2.75) is 26.7 Å². The Kier molecular flexibility index (Phi) is 18.7. The van der Waals surface area contributed by atoms with E-state index in [9.17, 15) is 0 Å². The molecule has 0 radical (unpaired) electrons. The summed E-state index contributed by atoms with van der Waals surface area (Å²) < 4.78 is 0. The van der Waals surface area contributed by atoms with E-state index in [2.05, 4.69) is 23.8 Å². The topological polar surface area (TPSA) is 25.8 Å². The Morgan fingerprint density at radius 2 is 0.882 bits per heavy atom. The second-order valence-corrected chi connectivity index (χ2v) is 3.05. The quantitative estimate of drug-likeness (QED) is 0.743. The van der Waals surface area contributed by atoms with Crippen LogP contribution in [-0.4, -0.2) is 9.97 Å². The van der Waals surface area contributed by atoms with E-state index >= 15 is 0 Å². The number of rotatable bonds is 1. The number of unbranched alkanes of at least 4 members (excludes halogenated alkanes) is 1. The van der Waals surface area contributed by atoms with Crippen molar-refractivity contribution < 1.29 is 20.4 Å². The van der Waals surface area contributed by atoms with Gasteiger partial charge in [0, 0.05) is 45.2 Å². The Morgan fingerprint density at radius 3 is 0.941 bits per heavy atom. The molecule has 3 heteroatoms. The minimum atomic E-state index is 0. The van der Waals surface area contributed by atoms with Gasteiger partial charge in [-0.3, -0.25) is 9.97 Å². The summed E-state index contributed by atoms with van der Waals surface area (Å²) >= 11 is 0. The van der Waals surface area contributed by atoms with E-state index in [0.29, 0.717) is 0 Å². The molecule has 2 aromatic heterocycles. The Balaban J connectivity index is 0. The molecule has 0 atom stereocenters. The zero-order valence-corrected chi connectivity index (χ0v) is 12.0. The fourth-order valence-electron chi connectivity index (χ4n) is 0.625. The first kappa shape index (κ1) is 18.3. The molecule has 0 aliphatic heterocycles. The normalized spacial score (nSPS) is 7.41. The van der Waals surface area contributed by atoms with Gasteiger partial charge in [-0.15, -0.1) is 0 Å². The van der Waals surface area contributed by atoms with E-state index in [1.54, 1.807) is 24.8 Å². The van der Waals surface area contributed by atoms with E-state index < -0.39 is 0 Å². The van der Waals surface area contributed by atoms with Gasteiger partial charge in [0.1, 0.15) is 0 Å². The molecule has 17 heavy (non-hydrogen) atoms. The van der Waals surface area contributed by atoms with Crippen molar-refractivity contribution in [1.29, 1.82) is 0 Å². The predicted molar refractivity (Wildman–Crippen MR) is 69.1 cm³/mol. The minimum absolute atomic E-state index is 0. The van der Waals surface area contributed by atoms with E-state index in [0.717, 1.165) is 0 Å². The Labute approximate surface area is 118 Å². The molecule has 0 aliphatic carbocycles. The number of hydrogen-bond acceptors (Lipinski definition) is 2. The van der Waals surface area contributed by atoms with Crippen LogP contribution in [0.5, 0.6) is 0 Å². The van der Waals surface area contributed by atoms with Crippen LogP contribution in [0.2, 0.25) is 0 Å². The third-order valence-electron chi connectivity index (χ3n) is 1.63. The van der Waals surface area contributed by atoms with E-state index in [-0.39, 0.29) is 20.4 Å². The summed E-state index contributed by atoms with van der Waals surface area (Å²) in [5.41, 5.74) is 0. The van der Waals surface area contributed by atoms with E-state index in [1.807, 2.05) is 36.4 Å². The molecular formula is C14H20N2Pd. The van der Waals surface area contributed by atoms with Crippen LogP contribution >= 0.6 is 0 Å². The van der Waals surface area contributed by atoms with E-state index in [4.69, 9.17) is 0 Å². The van der Waals surface area contributed by atoms with Crippen molar-refractivity contribution in [3.63, 3.8) is 0 Å². The molecule has 2 rings (SSSR count). The average Bonchev–Trinajstić information content (AvgIpc) is 2.44. The second kappa shape index (κ2) is 17.4. The molecule has 2 heterocycles. The Morgan fingerprint density at radius 1 is 0.588 bits per heavy atom. The van der Waals surface area contributed by atoms with Crippen LogP contribution in [0.25, 0.3) is 0 Å². The predicted octanol–water partition coefficient (Wildman–Crippen LogP) is 3.97. The molecule has 0 amide bonds. The first-order valence-electron chi connectivity index (χ1n) is 5.61. The molecule has 2 nitrogen and oxygen atoms in total. The van der Waals surface area contributed by atoms with Crippen molar-refractivity contribution in [3.8, 4) is 0 Å². The molecule has 0 bridgehead atoms. The fourth-order valence-corrected chi connectivity index (χ4v) is 0.625. The molecule has 0 saturated heterocycles. The number of nitrogens with zero attached hydrogens (tertiary/aromatic N) is 2. The second-order valence-electron chi connectivity index (χ2n) is 3.05. The molecule has 0 saturated carbocycles. The van der Waals surface area contributed by atoms with Crippen molar-refractivity contribution in [2.24, 2.45) is 0 Å². The van der Waals surface area contributed by atoms with Crippen molar-refractivity contribution >= 4 is 0 Å². The third-order valence-corrected chi connectivity index (χ3v) is 1.63. The van der Waals surface area contributed by atoms with Crippen molar-refractivity contribution in [1.82, 2.24) is 9.97 Å². The van der Waals surface area contributed by atoms with E-state index in [1.165, 1.54) is 12.8 Å². The maximum absolute atomic E-state index is 3.78. The average molecular weight is 323 g/mol. The maximum Gasteiger partial charge on any atom is 0.0267 e. The summed E-state index contributed by atoms with van der Waals surface area (Å²) in [7, 11) is 0. The Hall–Kier alpha value is -1.04. The summed E-state index contributed by atoms with van der Waals surface area (Å²) in [6.45, 7) is 4.36. The van der Waals surface area contributed by atoms with Crippen LogP contribution in [0.4, 0.5) is 0 Å². The van der Waals surface area contributed by atoms with Crippen LogP contribution in [0.3, 0.4) is 0 Å². The van der Waals surface area contributed by atoms with Gasteiger partial charge < -0.3 is 0 Å². The SMILES string of the molecule is CCCC.[Pd].c1ccncc1.c1ccncc1. The number of aromatic nitrogens is 2. The molecule has 96 valence electrons. The Bertz CT molecular complexity index is 213. The largest absolute Gasteiger partial charge is 0.265 e. The summed E-state index contributed by atoms with van der Waals surface area (Å²) in [4.78, 5) is 7.57. The standard InChI is InChI=1S/2C5H5N.C4H10.Pd/c2*1-2-4-6-5-3-1;1-3-4-2;/h2*1-5H;3-4H2,1-2H3;. The molecule has 0 N–H and O–H groups in total. The third kappa shape index (κ3) is 17.6. The molecule has 0 aromatic carbocycles. The fraction of sp³-hybridized carbons (Fsp3) is 0.286. The smallest absolute Gasteiger partial charge is 0.0267 e. The first-order chi connectivity index (χ1) is 7.91.